The minimum Gasteiger partial charge on any atom is -0.396 e. The summed E-state index contributed by atoms with van der Waals surface area (Å²) in [6.07, 6.45) is 2.08. The summed E-state index contributed by atoms with van der Waals surface area (Å²) >= 11 is 0. The van der Waals surface area contributed by atoms with Gasteiger partial charge in [-0.25, -0.2) is 0 Å². The van der Waals surface area contributed by atoms with Gasteiger partial charge in [0, 0.05) is 25.7 Å². The molecule has 0 saturated heterocycles. The average Bonchev–Trinajstić information content (AvgIpc) is 2.24. The molecule has 0 radical (unpaired) electrons. The average molecular weight is 230 g/mol. The summed E-state index contributed by atoms with van der Waals surface area (Å²) in [5.74, 6) is 0.674. The number of nitrogens with zero attached hydrogens (tertiary/aromatic N) is 1. The van der Waals surface area contributed by atoms with Crippen molar-refractivity contribution in [2.75, 3.05) is 32.8 Å². The number of hydrogen-bond acceptors (Lipinski definition) is 3. The molecule has 0 saturated carbocycles. The van der Waals surface area contributed by atoms with E-state index < -0.39 is 0 Å². The Hall–Kier alpha value is -0.120. The van der Waals surface area contributed by atoms with Crippen LogP contribution in [0.25, 0.3) is 0 Å². The second kappa shape index (κ2) is 10.1. The monoisotopic (exact) mass is 230 g/mol. The minimum atomic E-state index is 0.297. The lowest BCUT2D eigenvalue weighted by Gasteiger charge is -2.29. The van der Waals surface area contributed by atoms with Crippen molar-refractivity contribution in [2.24, 2.45) is 5.92 Å². The summed E-state index contributed by atoms with van der Waals surface area (Å²) in [6, 6.07) is 0.570. The third kappa shape index (κ3) is 8.08. The Labute approximate surface area is 101 Å². The molecule has 0 aromatic carbocycles. The second-order valence-electron chi connectivity index (χ2n) is 4.98. The first-order valence-electron chi connectivity index (χ1n) is 6.67. The molecular weight excluding hydrogens is 200 g/mol. The highest BCUT2D eigenvalue weighted by atomic mass is 16.3. The molecule has 0 rings (SSSR count). The molecule has 1 atom stereocenters. The molecule has 0 aromatic heterocycles. The SMILES string of the molecule is CCCNCC(C)CN(CCCO)C(C)C. The lowest BCUT2D eigenvalue weighted by Crippen LogP contribution is -2.38. The Morgan fingerprint density at radius 3 is 2.44 bits per heavy atom. The molecule has 0 spiro atoms. The van der Waals surface area contributed by atoms with Crippen molar-refractivity contribution in [3.8, 4) is 0 Å². The van der Waals surface area contributed by atoms with Crippen LogP contribution in [-0.2, 0) is 0 Å². The van der Waals surface area contributed by atoms with Gasteiger partial charge < -0.3 is 15.3 Å². The van der Waals surface area contributed by atoms with Gasteiger partial charge in [0.15, 0.2) is 0 Å². The van der Waals surface area contributed by atoms with Crippen molar-refractivity contribution in [2.45, 2.75) is 46.6 Å². The van der Waals surface area contributed by atoms with Crippen LogP contribution in [0.4, 0.5) is 0 Å². The van der Waals surface area contributed by atoms with Gasteiger partial charge in [-0.3, -0.25) is 0 Å². The normalized spacial score (nSPS) is 13.7. The fraction of sp³-hybridized carbons (Fsp3) is 1.00. The maximum atomic E-state index is 8.87. The molecule has 98 valence electrons. The smallest absolute Gasteiger partial charge is 0.0443 e. The zero-order valence-corrected chi connectivity index (χ0v) is 11.5. The summed E-state index contributed by atoms with van der Waals surface area (Å²) < 4.78 is 0. The molecule has 0 fully saturated rings. The van der Waals surface area contributed by atoms with Crippen LogP contribution in [0.15, 0.2) is 0 Å². The van der Waals surface area contributed by atoms with Crippen molar-refractivity contribution in [3.63, 3.8) is 0 Å². The van der Waals surface area contributed by atoms with Crippen molar-refractivity contribution in [3.05, 3.63) is 0 Å². The molecule has 0 aliphatic rings. The maximum absolute atomic E-state index is 8.87. The number of aliphatic hydroxyl groups is 1. The minimum absolute atomic E-state index is 0.297. The summed E-state index contributed by atoms with van der Waals surface area (Å²) in [5.41, 5.74) is 0. The van der Waals surface area contributed by atoms with Gasteiger partial charge in [0.05, 0.1) is 0 Å². The van der Waals surface area contributed by atoms with Gasteiger partial charge in [0.1, 0.15) is 0 Å². The van der Waals surface area contributed by atoms with Gasteiger partial charge in [0.2, 0.25) is 0 Å². The maximum Gasteiger partial charge on any atom is 0.0443 e. The van der Waals surface area contributed by atoms with Crippen LogP contribution in [0.2, 0.25) is 0 Å². The van der Waals surface area contributed by atoms with Crippen LogP contribution < -0.4 is 5.32 Å². The van der Waals surface area contributed by atoms with E-state index in [4.69, 9.17) is 5.11 Å². The van der Waals surface area contributed by atoms with Crippen LogP contribution in [0.3, 0.4) is 0 Å². The van der Waals surface area contributed by atoms with Crippen molar-refractivity contribution in [1.29, 1.82) is 0 Å². The Morgan fingerprint density at radius 2 is 1.94 bits per heavy atom. The van der Waals surface area contributed by atoms with Crippen LogP contribution in [-0.4, -0.2) is 48.8 Å². The van der Waals surface area contributed by atoms with Crippen molar-refractivity contribution in [1.82, 2.24) is 10.2 Å². The van der Waals surface area contributed by atoms with E-state index in [1.165, 1.54) is 6.42 Å². The van der Waals surface area contributed by atoms with E-state index in [1.807, 2.05) is 0 Å². The van der Waals surface area contributed by atoms with Crippen LogP contribution in [0.5, 0.6) is 0 Å². The molecule has 3 nitrogen and oxygen atoms in total. The lowest BCUT2D eigenvalue weighted by atomic mass is 10.1. The third-order valence-corrected chi connectivity index (χ3v) is 2.80. The number of rotatable bonds is 10. The molecular formula is C13H30N2O. The zero-order valence-electron chi connectivity index (χ0n) is 11.5. The van der Waals surface area contributed by atoms with Gasteiger partial charge >= 0.3 is 0 Å². The van der Waals surface area contributed by atoms with E-state index in [2.05, 4.69) is 37.9 Å². The standard InChI is InChI=1S/C13H30N2O/c1-5-7-14-10-13(4)11-15(12(2)3)8-6-9-16/h12-14,16H,5-11H2,1-4H3. The van der Waals surface area contributed by atoms with Gasteiger partial charge in [-0.05, 0) is 45.7 Å². The number of nitrogens with one attached hydrogen (secondary N) is 1. The van der Waals surface area contributed by atoms with Crippen molar-refractivity contribution >= 4 is 0 Å². The molecule has 0 heterocycles. The Bertz CT molecular complexity index is 151. The highest BCUT2D eigenvalue weighted by molar-refractivity contribution is 4.68. The van der Waals surface area contributed by atoms with Gasteiger partial charge in [-0.1, -0.05) is 13.8 Å². The first-order valence-corrected chi connectivity index (χ1v) is 6.67. The highest BCUT2D eigenvalue weighted by Crippen LogP contribution is 2.05. The van der Waals surface area contributed by atoms with E-state index in [9.17, 15) is 0 Å². The Kier molecular flexibility index (Phi) is 9.99. The third-order valence-electron chi connectivity index (χ3n) is 2.80. The van der Waals surface area contributed by atoms with Crippen LogP contribution in [0, 0.1) is 5.92 Å². The van der Waals surface area contributed by atoms with E-state index >= 15 is 0 Å². The molecule has 0 aliphatic heterocycles. The summed E-state index contributed by atoms with van der Waals surface area (Å²) in [6.45, 7) is 13.6. The van der Waals surface area contributed by atoms with Gasteiger partial charge in [0.25, 0.3) is 0 Å². The quantitative estimate of drug-likeness (QED) is 0.561. The van der Waals surface area contributed by atoms with Crippen molar-refractivity contribution < 1.29 is 5.11 Å². The zero-order chi connectivity index (χ0) is 12.4. The molecule has 0 amide bonds. The molecule has 1 unspecified atom stereocenters. The highest BCUT2D eigenvalue weighted by Gasteiger charge is 2.12. The largest absolute Gasteiger partial charge is 0.396 e. The Morgan fingerprint density at radius 1 is 1.25 bits per heavy atom. The Balaban J connectivity index is 3.78. The molecule has 0 aromatic rings. The second-order valence-corrected chi connectivity index (χ2v) is 4.98. The molecule has 16 heavy (non-hydrogen) atoms. The van der Waals surface area contributed by atoms with Crippen LogP contribution in [0.1, 0.15) is 40.5 Å². The fourth-order valence-corrected chi connectivity index (χ4v) is 1.82. The first-order chi connectivity index (χ1) is 7.61. The van der Waals surface area contributed by atoms with E-state index in [0.717, 1.165) is 32.6 Å². The predicted molar refractivity (Wildman–Crippen MR) is 70.7 cm³/mol. The summed E-state index contributed by atoms with van der Waals surface area (Å²) in [7, 11) is 0. The number of aliphatic hydroxyl groups excluding tert-OH is 1. The topological polar surface area (TPSA) is 35.5 Å². The van der Waals surface area contributed by atoms with E-state index in [-0.39, 0.29) is 0 Å². The molecule has 3 heteroatoms. The van der Waals surface area contributed by atoms with Gasteiger partial charge in [-0.15, -0.1) is 0 Å². The first kappa shape index (κ1) is 15.9. The molecule has 0 aliphatic carbocycles. The summed E-state index contributed by atoms with van der Waals surface area (Å²) in [5, 5.41) is 12.3. The predicted octanol–water partition coefficient (Wildman–Crippen LogP) is 1.71. The lowest BCUT2D eigenvalue weighted by molar-refractivity contribution is 0.170. The van der Waals surface area contributed by atoms with Gasteiger partial charge in [-0.2, -0.15) is 0 Å². The van der Waals surface area contributed by atoms with E-state index in [0.29, 0.717) is 18.6 Å². The van der Waals surface area contributed by atoms with Crippen LogP contribution >= 0.6 is 0 Å². The molecule has 2 N–H and O–H groups in total. The van der Waals surface area contributed by atoms with E-state index in [1.54, 1.807) is 0 Å². The summed E-state index contributed by atoms with van der Waals surface area (Å²) in [4.78, 5) is 2.45. The number of hydrogen-bond donors (Lipinski definition) is 2. The molecule has 0 bridgehead atoms. The fourth-order valence-electron chi connectivity index (χ4n) is 1.82.